The quantitative estimate of drug-likeness (QED) is 0.701. The van der Waals surface area contributed by atoms with Crippen molar-refractivity contribution in [1.82, 2.24) is 4.90 Å². The highest BCUT2D eigenvalue weighted by Crippen LogP contribution is 2.16. The van der Waals surface area contributed by atoms with Gasteiger partial charge in [-0.3, -0.25) is 0 Å². The normalized spacial score (nSPS) is 22.9. The Morgan fingerprint density at radius 1 is 1.36 bits per heavy atom. The van der Waals surface area contributed by atoms with Crippen molar-refractivity contribution < 1.29 is 5.11 Å². The Bertz CT molecular complexity index is 153. The molecule has 1 atom stereocenters. The Labute approximate surface area is 87.3 Å². The van der Waals surface area contributed by atoms with Crippen molar-refractivity contribution in [2.75, 3.05) is 26.2 Å². The van der Waals surface area contributed by atoms with Gasteiger partial charge in [0.05, 0.1) is 0 Å². The predicted molar refractivity (Wildman–Crippen MR) is 59.1 cm³/mol. The van der Waals surface area contributed by atoms with Crippen LogP contribution in [-0.2, 0) is 0 Å². The van der Waals surface area contributed by atoms with E-state index in [-0.39, 0.29) is 0 Å². The van der Waals surface area contributed by atoms with Crippen LogP contribution in [0.15, 0.2) is 0 Å². The molecule has 1 rings (SSSR count). The minimum Gasteiger partial charge on any atom is -0.396 e. The van der Waals surface area contributed by atoms with Crippen LogP contribution in [-0.4, -0.2) is 42.3 Å². The van der Waals surface area contributed by atoms with Gasteiger partial charge in [0, 0.05) is 19.2 Å². The van der Waals surface area contributed by atoms with Crippen molar-refractivity contribution in [2.24, 2.45) is 17.6 Å². The Kier molecular flexibility index (Phi) is 4.85. The summed E-state index contributed by atoms with van der Waals surface area (Å²) in [5.41, 5.74) is 6.02. The molecule has 0 aromatic rings. The zero-order chi connectivity index (χ0) is 10.6. The second-order valence-electron chi connectivity index (χ2n) is 4.83. The van der Waals surface area contributed by atoms with E-state index in [4.69, 9.17) is 10.8 Å². The molecule has 0 bridgehead atoms. The number of nitrogens with two attached hydrogens (primary N) is 1. The topological polar surface area (TPSA) is 49.5 Å². The molecule has 0 radical (unpaired) electrons. The van der Waals surface area contributed by atoms with Gasteiger partial charge in [-0.15, -0.1) is 0 Å². The standard InChI is InChI=1S/C11H24N2O/c1-9(2)11(12)7-13-5-3-10(8-14)4-6-13/h9-11,14H,3-8,12H2,1-2H3/t11-/m0/s1. The van der Waals surface area contributed by atoms with Crippen LogP contribution >= 0.6 is 0 Å². The Balaban J connectivity index is 2.22. The minimum absolute atomic E-state index is 0.292. The van der Waals surface area contributed by atoms with Crippen molar-refractivity contribution in [3.63, 3.8) is 0 Å². The molecule has 1 aliphatic heterocycles. The molecule has 3 heteroatoms. The van der Waals surface area contributed by atoms with Crippen molar-refractivity contribution in [3.8, 4) is 0 Å². The number of aliphatic hydroxyl groups is 1. The molecular formula is C11H24N2O. The first-order valence-electron chi connectivity index (χ1n) is 5.72. The fourth-order valence-electron chi connectivity index (χ4n) is 1.86. The van der Waals surface area contributed by atoms with Crippen LogP contribution in [0.5, 0.6) is 0 Å². The van der Waals surface area contributed by atoms with Gasteiger partial charge >= 0.3 is 0 Å². The van der Waals surface area contributed by atoms with E-state index in [0.717, 1.165) is 32.5 Å². The van der Waals surface area contributed by atoms with Crippen LogP contribution in [0.2, 0.25) is 0 Å². The van der Waals surface area contributed by atoms with E-state index in [2.05, 4.69) is 18.7 Å². The molecule has 14 heavy (non-hydrogen) atoms. The first kappa shape index (κ1) is 12.0. The van der Waals surface area contributed by atoms with Crippen LogP contribution in [0.1, 0.15) is 26.7 Å². The Morgan fingerprint density at radius 3 is 2.36 bits per heavy atom. The maximum atomic E-state index is 9.00. The summed E-state index contributed by atoms with van der Waals surface area (Å²) in [7, 11) is 0. The number of likely N-dealkylation sites (tertiary alicyclic amines) is 1. The van der Waals surface area contributed by atoms with E-state index in [0.29, 0.717) is 24.5 Å². The van der Waals surface area contributed by atoms with Gasteiger partial charge in [-0.1, -0.05) is 13.8 Å². The van der Waals surface area contributed by atoms with Gasteiger partial charge in [0.2, 0.25) is 0 Å². The summed E-state index contributed by atoms with van der Waals surface area (Å²) < 4.78 is 0. The van der Waals surface area contributed by atoms with Crippen LogP contribution in [0.4, 0.5) is 0 Å². The molecule has 0 amide bonds. The first-order valence-corrected chi connectivity index (χ1v) is 5.72. The lowest BCUT2D eigenvalue weighted by atomic mass is 9.96. The van der Waals surface area contributed by atoms with E-state index in [1.54, 1.807) is 0 Å². The number of hydrogen-bond acceptors (Lipinski definition) is 3. The third-order valence-electron chi connectivity index (χ3n) is 3.29. The zero-order valence-electron chi connectivity index (χ0n) is 9.45. The molecule has 0 aromatic heterocycles. The smallest absolute Gasteiger partial charge is 0.0460 e. The Hall–Kier alpha value is -0.120. The van der Waals surface area contributed by atoms with E-state index in [1.807, 2.05) is 0 Å². The van der Waals surface area contributed by atoms with Crippen molar-refractivity contribution in [2.45, 2.75) is 32.7 Å². The highest BCUT2D eigenvalue weighted by atomic mass is 16.3. The lowest BCUT2D eigenvalue weighted by Gasteiger charge is -2.33. The highest BCUT2D eigenvalue weighted by molar-refractivity contribution is 4.76. The van der Waals surface area contributed by atoms with Gasteiger partial charge in [0.1, 0.15) is 0 Å². The third-order valence-corrected chi connectivity index (χ3v) is 3.29. The van der Waals surface area contributed by atoms with E-state index >= 15 is 0 Å². The molecule has 84 valence electrons. The maximum Gasteiger partial charge on any atom is 0.0460 e. The van der Waals surface area contributed by atoms with Crippen LogP contribution in [0.3, 0.4) is 0 Å². The molecule has 0 spiro atoms. The summed E-state index contributed by atoms with van der Waals surface area (Å²) in [5.74, 6) is 1.09. The van der Waals surface area contributed by atoms with Crippen LogP contribution in [0, 0.1) is 11.8 Å². The second kappa shape index (κ2) is 5.69. The van der Waals surface area contributed by atoms with Gasteiger partial charge in [0.15, 0.2) is 0 Å². The molecule has 0 aliphatic carbocycles. The summed E-state index contributed by atoms with van der Waals surface area (Å²) in [6.07, 6.45) is 2.25. The number of hydrogen-bond donors (Lipinski definition) is 2. The molecule has 3 N–H and O–H groups in total. The number of nitrogens with zero attached hydrogens (tertiary/aromatic N) is 1. The molecule has 0 unspecified atom stereocenters. The molecule has 1 saturated heterocycles. The fourth-order valence-corrected chi connectivity index (χ4v) is 1.86. The van der Waals surface area contributed by atoms with Crippen LogP contribution in [0.25, 0.3) is 0 Å². The van der Waals surface area contributed by atoms with E-state index in [9.17, 15) is 0 Å². The molecule has 0 aromatic carbocycles. The molecule has 1 fully saturated rings. The summed E-state index contributed by atoms with van der Waals surface area (Å²) in [6, 6.07) is 0.292. The lowest BCUT2D eigenvalue weighted by Crippen LogP contribution is -2.44. The number of rotatable bonds is 4. The molecule has 0 saturated carbocycles. The third kappa shape index (κ3) is 3.56. The van der Waals surface area contributed by atoms with Crippen LogP contribution < -0.4 is 5.73 Å². The van der Waals surface area contributed by atoms with Gasteiger partial charge in [-0.05, 0) is 37.8 Å². The zero-order valence-corrected chi connectivity index (χ0v) is 9.45. The monoisotopic (exact) mass is 200 g/mol. The molecule has 1 heterocycles. The predicted octanol–water partition coefficient (Wildman–Crippen LogP) is 0.674. The molecular weight excluding hydrogens is 176 g/mol. The summed E-state index contributed by atoms with van der Waals surface area (Å²) >= 11 is 0. The largest absolute Gasteiger partial charge is 0.396 e. The van der Waals surface area contributed by atoms with Crippen molar-refractivity contribution >= 4 is 0 Å². The van der Waals surface area contributed by atoms with Gasteiger partial charge < -0.3 is 15.7 Å². The van der Waals surface area contributed by atoms with Gasteiger partial charge in [-0.2, -0.15) is 0 Å². The minimum atomic E-state index is 0.292. The summed E-state index contributed by atoms with van der Waals surface area (Å²) in [6.45, 7) is 7.91. The SMILES string of the molecule is CC(C)[C@@H](N)CN1CCC(CO)CC1. The fraction of sp³-hybridized carbons (Fsp3) is 1.00. The first-order chi connectivity index (χ1) is 6.63. The second-order valence-corrected chi connectivity index (χ2v) is 4.83. The van der Waals surface area contributed by atoms with E-state index in [1.165, 1.54) is 0 Å². The summed E-state index contributed by atoms with van der Waals surface area (Å²) in [5, 5.41) is 9.00. The number of piperidine rings is 1. The maximum absolute atomic E-state index is 9.00. The Morgan fingerprint density at radius 2 is 1.93 bits per heavy atom. The van der Waals surface area contributed by atoms with Crippen molar-refractivity contribution in [3.05, 3.63) is 0 Å². The lowest BCUT2D eigenvalue weighted by molar-refractivity contribution is 0.123. The van der Waals surface area contributed by atoms with Gasteiger partial charge in [-0.25, -0.2) is 0 Å². The highest BCUT2D eigenvalue weighted by Gasteiger charge is 2.20. The molecule has 3 nitrogen and oxygen atoms in total. The molecule has 1 aliphatic rings. The number of aliphatic hydroxyl groups excluding tert-OH is 1. The average molecular weight is 200 g/mol. The summed E-state index contributed by atoms with van der Waals surface area (Å²) in [4.78, 5) is 2.43. The van der Waals surface area contributed by atoms with Crippen molar-refractivity contribution in [1.29, 1.82) is 0 Å². The van der Waals surface area contributed by atoms with E-state index < -0.39 is 0 Å². The average Bonchev–Trinajstić information content (AvgIpc) is 2.19. The van der Waals surface area contributed by atoms with Gasteiger partial charge in [0.25, 0.3) is 0 Å².